The van der Waals surface area contributed by atoms with Crippen LogP contribution in [0.4, 0.5) is 0 Å². The summed E-state index contributed by atoms with van der Waals surface area (Å²) in [7, 11) is 0. The van der Waals surface area contributed by atoms with E-state index in [1.54, 1.807) is 17.5 Å². The van der Waals surface area contributed by atoms with Crippen LogP contribution in [0.2, 0.25) is 0 Å². The second kappa shape index (κ2) is 5.75. The van der Waals surface area contributed by atoms with Crippen molar-refractivity contribution in [3.8, 4) is 0 Å². The van der Waals surface area contributed by atoms with Crippen LogP contribution in [0, 0.1) is 6.92 Å². The number of fused-ring (bicyclic) bond motifs is 1. The lowest BCUT2D eigenvalue weighted by Crippen LogP contribution is -2.15. The second-order valence-electron chi connectivity index (χ2n) is 4.50. The smallest absolute Gasteiger partial charge is 0.258 e. The van der Waals surface area contributed by atoms with Gasteiger partial charge in [0.15, 0.2) is 0 Å². The number of nitrogens with zero attached hydrogens (tertiary/aromatic N) is 2. The van der Waals surface area contributed by atoms with Gasteiger partial charge in [-0.2, -0.15) is 0 Å². The highest BCUT2D eigenvalue weighted by atomic mass is 79.9. The third-order valence-corrected chi connectivity index (χ3v) is 4.87. The minimum atomic E-state index is -0.141. The monoisotopic (exact) mass is 380 g/mol. The molecule has 0 N–H and O–H groups in total. The molecule has 0 aliphatic rings. The maximum Gasteiger partial charge on any atom is 0.258 e. The molecular weight excluding hydrogens is 372 g/mol. The van der Waals surface area contributed by atoms with Gasteiger partial charge in [-0.3, -0.25) is 9.20 Å². The van der Waals surface area contributed by atoms with Gasteiger partial charge in [-0.15, -0.1) is 11.3 Å². The Kier molecular flexibility index (Phi) is 3.97. The van der Waals surface area contributed by atoms with Crippen molar-refractivity contribution in [2.75, 3.05) is 0 Å². The van der Waals surface area contributed by atoms with Crippen LogP contribution < -0.4 is 5.56 Å². The van der Waals surface area contributed by atoms with E-state index in [4.69, 9.17) is 11.6 Å². The number of aryl methyl sites for hydroxylation is 1. The first-order valence-corrected chi connectivity index (χ1v) is 8.15. The standard InChI is InChI=1S/C15H10BrClN2OS/c1-9-3-2-6-19-14(20)8-12(18-15(9)19)11(17)7-10-4-5-13(16)21-10/h2-8H,1H3/b11-7-. The Morgan fingerprint density at radius 2 is 2.24 bits per heavy atom. The SMILES string of the molecule is Cc1cccn2c(=O)cc(/C(Cl)=C/c3ccc(Br)s3)nc12. The van der Waals surface area contributed by atoms with Gasteiger partial charge in [-0.1, -0.05) is 17.7 Å². The van der Waals surface area contributed by atoms with Crippen LogP contribution >= 0.6 is 38.9 Å². The highest BCUT2D eigenvalue weighted by Gasteiger charge is 2.07. The number of hydrogen-bond donors (Lipinski definition) is 0. The summed E-state index contributed by atoms with van der Waals surface area (Å²) in [5, 5.41) is 0.451. The molecule has 0 fully saturated rings. The number of thiophene rings is 1. The van der Waals surface area contributed by atoms with Crippen molar-refractivity contribution in [3.63, 3.8) is 0 Å². The molecule has 0 amide bonds. The molecule has 3 nitrogen and oxygen atoms in total. The molecule has 0 unspecified atom stereocenters. The Hall–Kier alpha value is -1.43. The van der Waals surface area contributed by atoms with Crippen molar-refractivity contribution < 1.29 is 0 Å². The van der Waals surface area contributed by atoms with Crippen LogP contribution in [0.3, 0.4) is 0 Å². The summed E-state index contributed by atoms with van der Waals surface area (Å²) in [5.74, 6) is 0. The van der Waals surface area contributed by atoms with E-state index in [1.165, 1.54) is 10.5 Å². The van der Waals surface area contributed by atoms with Gasteiger partial charge in [0.2, 0.25) is 0 Å². The van der Waals surface area contributed by atoms with Crippen molar-refractivity contribution in [1.82, 2.24) is 9.38 Å². The van der Waals surface area contributed by atoms with Crippen LogP contribution in [-0.4, -0.2) is 9.38 Å². The van der Waals surface area contributed by atoms with E-state index in [1.807, 2.05) is 37.3 Å². The minimum absolute atomic E-state index is 0.141. The first kappa shape index (κ1) is 14.5. The summed E-state index contributed by atoms with van der Waals surface area (Å²) in [6.45, 7) is 1.92. The zero-order chi connectivity index (χ0) is 15.0. The topological polar surface area (TPSA) is 34.4 Å². The van der Waals surface area contributed by atoms with Gasteiger partial charge in [0.05, 0.1) is 14.5 Å². The molecule has 0 radical (unpaired) electrons. The number of aromatic nitrogens is 2. The average Bonchev–Trinajstić information content (AvgIpc) is 2.85. The molecule has 3 heterocycles. The fourth-order valence-corrected chi connectivity index (χ4v) is 3.63. The van der Waals surface area contributed by atoms with Crippen LogP contribution in [-0.2, 0) is 0 Å². The third-order valence-electron chi connectivity index (χ3n) is 2.99. The van der Waals surface area contributed by atoms with Crippen molar-refractivity contribution in [3.05, 3.63) is 66.8 Å². The Bertz CT molecular complexity index is 913. The lowest BCUT2D eigenvalue weighted by atomic mass is 10.2. The van der Waals surface area contributed by atoms with E-state index < -0.39 is 0 Å². The van der Waals surface area contributed by atoms with E-state index in [-0.39, 0.29) is 5.56 Å². The molecule has 0 saturated heterocycles. The summed E-state index contributed by atoms with van der Waals surface area (Å²) in [6.07, 6.45) is 3.52. The summed E-state index contributed by atoms with van der Waals surface area (Å²) < 4.78 is 2.55. The normalized spacial score (nSPS) is 12.0. The number of halogens is 2. The fourth-order valence-electron chi connectivity index (χ4n) is 1.99. The maximum absolute atomic E-state index is 12.1. The van der Waals surface area contributed by atoms with Gasteiger partial charge in [0.25, 0.3) is 5.56 Å². The Labute approximate surface area is 138 Å². The molecule has 21 heavy (non-hydrogen) atoms. The van der Waals surface area contributed by atoms with Crippen LogP contribution in [0.5, 0.6) is 0 Å². The van der Waals surface area contributed by atoms with Crippen LogP contribution in [0.15, 0.2) is 45.1 Å². The van der Waals surface area contributed by atoms with Gasteiger partial charge < -0.3 is 0 Å². The molecule has 3 rings (SSSR count). The summed E-state index contributed by atoms with van der Waals surface area (Å²) in [5.41, 5.74) is 1.90. The Balaban J connectivity index is 2.14. The summed E-state index contributed by atoms with van der Waals surface area (Å²) in [4.78, 5) is 17.6. The number of hydrogen-bond acceptors (Lipinski definition) is 3. The molecule has 0 atom stereocenters. The first-order valence-electron chi connectivity index (χ1n) is 6.16. The fraction of sp³-hybridized carbons (Fsp3) is 0.0667. The number of rotatable bonds is 2. The van der Waals surface area contributed by atoms with E-state index in [9.17, 15) is 4.79 Å². The molecule has 0 saturated carbocycles. The molecule has 3 aromatic rings. The van der Waals surface area contributed by atoms with Gasteiger partial charge >= 0.3 is 0 Å². The van der Waals surface area contributed by atoms with Crippen LogP contribution in [0.25, 0.3) is 16.8 Å². The Morgan fingerprint density at radius 3 is 2.95 bits per heavy atom. The summed E-state index contributed by atoms with van der Waals surface area (Å²) in [6, 6.07) is 9.10. The average molecular weight is 382 g/mol. The maximum atomic E-state index is 12.1. The van der Waals surface area contributed by atoms with Crippen LogP contribution in [0.1, 0.15) is 16.1 Å². The van der Waals surface area contributed by atoms with E-state index >= 15 is 0 Å². The van der Waals surface area contributed by atoms with Gasteiger partial charge in [0.1, 0.15) is 5.65 Å². The molecule has 0 aliphatic heterocycles. The molecule has 0 bridgehead atoms. The van der Waals surface area contributed by atoms with Crippen molar-refractivity contribution in [1.29, 1.82) is 0 Å². The van der Waals surface area contributed by atoms with Gasteiger partial charge in [-0.05, 0) is 52.7 Å². The predicted molar refractivity (Wildman–Crippen MR) is 91.9 cm³/mol. The predicted octanol–water partition coefficient (Wildman–Crippen LogP) is 4.56. The minimum Gasteiger partial charge on any atom is -0.269 e. The van der Waals surface area contributed by atoms with E-state index in [0.29, 0.717) is 16.4 Å². The third kappa shape index (κ3) is 2.95. The molecule has 3 aromatic heterocycles. The lowest BCUT2D eigenvalue weighted by molar-refractivity contribution is 1.02. The van der Waals surface area contributed by atoms with Crippen molar-refractivity contribution in [2.24, 2.45) is 0 Å². The lowest BCUT2D eigenvalue weighted by Gasteiger charge is -2.05. The highest BCUT2D eigenvalue weighted by molar-refractivity contribution is 9.11. The van der Waals surface area contributed by atoms with Crippen molar-refractivity contribution >= 4 is 55.6 Å². The van der Waals surface area contributed by atoms with Gasteiger partial charge in [0, 0.05) is 17.1 Å². The van der Waals surface area contributed by atoms with E-state index in [2.05, 4.69) is 20.9 Å². The molecule has 0 spiro atoms. The molecule has 0 aliphatic carbocycles. The van der Waals surface area contributed by atoms with Crippen molar-refractivity contribution in [2.45, 2.75) is 6.92 Å². The second-order valence-corrected chi connectivity index (χ2v) is 7.40. The van der Waals surface area contributed by atoms with E-state index in [0.717, 1.165) is 14.2 Å². The zero-order valence-electron chi connectivity index (χ0n) is 11.0. The first-order chi connectivity index (χ1) is 10.0. The molecular formula is C15H10BrClN2OS. The summed E-state index contributed by atoms with van der Waals surface area (Å²) >= 11 is 11.3. The van der Waals surface area contributed by atoms with Gasteiger partial charge in [-0.25, -0.2) is 4.98 Å². The molecule has 6 heteroatoms. The quantitative estimate of drug-likeness (QED) is 0.652. The number of pyridine rings is 1. The Morgan fingerprint density at radius 1 is 1.43 bits per heavy atom. The molecule has 0 aromatic carbocycles. The zero-order valence-corrected chi connectivity index (χ0v) is 14.2. The highest BCUT2D eigenvalue weighted by Crippen LogP contribution is 2.27. The largest absolute Gasteiger partial charge is 0.269 e. The molecule has 106 valence electrons.